The summed E-state index contributed by atoms with van der Waals surface area (Å²) in [4.78, 5) is 0. The third-order valence-corrected chi connectivity index (χ3v) is 0.641. The number of nitrogens with zero attached hydrogens (tertiary/aromatic N) is 3. The summed E-state index contributed by atoms with van der Waals surface area (Å²) in [6.07, 6.45) is 2.37. The molecule has 0 aromatic rings. The van der Waals surface area contributed by atoms with Crippen LogP contribution in [-0.2, 0) is 0 Å². The van der Waals surface area contributed by atoms with Gasteiger partial charge in [-0.05, 0) is 6.08 Å². The smallest absolute Gasteiger partial charge is 0.152 e. The van der Waals surface area contributed by atoms with E-state index >= 15 is 0 Å². The minimum Gasteiger partial charge on any atom is -0.197 e. The Labute approximate surface area is 53.1 Å². The van der Waals surface area contributed by atoms with Crippen molar-refractivity contribution in [3.05, 3.63) is 12.2 Å². The van der Waals surface area contributed by atoms with Crippen LogP contribution in [0, 0.1) is 39.9 Å². The fourth-order valence-corrected chi connectivity index (χ4v) is 0.254. The first-order chi connectivity index (χ1) is 4.35. The van der Waals surface area contributed by atoms with Crippen molar-refractivity contribution in [2.75, 3.05) is 0 Å². The topological polar surface area (TPSA) is 71.4 Å². The number of rotatable bonds is 1. The summed E-state index contributed by atoms with van der Waals surface area (Å²) in [6, 6.07) is 5.06. The predicted octanol–water partition coefficient (Wildman–Crippen LogP) is 0.730. The second-order valence-electron chi connectivity index (χ2n) is 1.22. The van der Waals surface area contributed by atoms with Gasteiger partial charge in [-0.1, -0.05) is 0 Å². The Morgan fingerprint density at radius 3 is 2.00 bits per heavy atom. The maximum atomic E-state index is 8.12. The van der Waals surface area contributed by atoms with E-state index in [1.165, 1.54) is 6.08 Å². The summed E-state index contributed by atoms with van der Waals surface area (Å²) < 4.78 is 0. The molecule has 0 fully saturated rings. The SMILES string of the molecule is N#C/C=C/C(C#N)C#N. The van der Waals surface area contributed by atoms with Crippen molar-refractivity contribution in [3.8, 4) is 18.2 Å². The molecule has 0 spiro atoms. The molecule has 0 saturated heterocycles. The largest absolute Gasteiger partial charge is 0.197 e. The Hall–Kier alpha value is -1.79. The average Bonchev–Trinajstić information content (AvgIpc) is 1.91. The van der Waals surface area contributed by atoms with Crippen molar-refractivity contribution < 1.29 is 0 Å². The molecule has 0 rings (SSSR count). The number of allylic oxidation sites excluding steroid dienone is 2. The maximum Gasteiger partial charge on any atom is 0.152 e. The van der Waals surface area contributed by atoms with Crippen LogP contribution in [0.3, 0.4) is 0 Å². The van der Waals surface area contributed by atoms with Gasteiger partial charge in [0.2, 0.25) is 0 Å². The zero-order valence-corrected chi connectivity index (χ0v) is 4.57. The summed E-state index contributed by atoms with van der Waals surface area (Å²) in [5, 5.41) is 24.2. The summed E-state index contributed by atoms with van der Waals surface area (Å²) in [7, 11) is 0. The molecule has 0 amide bonds. The molecule has 0 heterocycles. The highest BCUT2D eigenvalue weighted by Gasteiger charge is 1.95. The van der Waals surface area contributed by atoms with Crippen LogP contribution in [0.15, 0.2) is 12.2 Å². The Balaban J connectivity index is 3.96. The van der Waals surface area contributed by atoms with Crippen LogP contribution < -0.4 is 0 Å². The van der Waals surface area contributed by atoms with Gasteiger partial charge in [-0.2, -0.15) is 15.8 Å². The third-order valence-electron chi connectivity index (χ3n) is 0.641. The molecule has 0 aliphatic heterocycles. The summed E-state index contributed by atoms with van der Waals surface area (Å²) in [5.74, 6) is -0.787. The van der Waals surface area contributed by atoms with Gasteiger partial charge in [-0.15, -0.1) is 0 Å². The van der Waals surface area contributed by atoms with E-state index in [0.717, 1.165) is 6.08 Å². The van der Waals surface area contributed by atoms with E-state index in [0.29, 0.717) is 0 Å². The summed E-state index contributed by atoms with van der Waals surface area (Å²) >= 11 is 0. The molecular formula is C6H3N3. The molecule has 0 aliphatic rings. The van der Waals surface area contributed by atoms with Gasteiger partial charge in [0.1, 0.15) is 0 Å². The quantitative estimate of drug-likeness (QED) is 0.475. The van der Waals surface area contributed by atoms with Crippen LogP contribution >= 0.6 is 0 Å². The van der Waals surface area contributed by atoms with Crippen molar-refractivity contribution in [2.24, 2.45) is 5.92 Å². The Kier molecular flexibility index (Phi) is 3.50. The van der Waals surface area contributed by atoms with Crippen molar-refractivity contribution in [1.82, 2.24) is 0 Å². The predicted molar refractivity (Wildman–Crippen MR) is 29.5 cm³/mol. The first kappa shape index (κ1) is 7.21. The lowest BCUT2D eigenvalue weighted by atomic mass is 10.2. The third kappa shape index (κ3) is 2.85. The molecule has 42 valence electrons. The molecule has 0 unspecified atom stereocenters. The Bertz CT molecular complexity index is 206. The van der Waals surface area contributed by atoms with Crippen molar-refractivity contribution in [3.63, 3.8) is 0 Å². The van der Waals surface area contributed by atoms with Gasteiger partial charge in [0.25, 0.3) is 0 Å². The van der Waals surface area contributed by atoms with Crippen LogP contribution in [0.25, 0.3) is 0 Å². The van der Waals surface area contributed by atoms with Crippen molar-refractivity contribution >= 4 is 0 Å². The highest BCUT2D eigenvalue weighted by Crippen LogP contribution is 1.91. The fourth-order valence-electron chi connectivity index (χ4n) is 0.254. The number of hydrogen-bond donors (Lipinski definition) is 0. The lowest BCUT2D eigenvalue weighted by Gasteiger charge is -1.79. The molecule has 0 radical (unpaired) electrons. The molecular weight excluding hydrogens is 114 g/mol. The van der Waals surface area contributed by atoms with E-state index in [-0.39, 0.29) is 0 Å². The van der Waals surface area contributed by atoms with Crippen LogP contribution in [0.2, 0.25) is 0 Å². The normalized spacial score (nSPS) is 8.22. The van der Waals surface area contributed by atoms with Gasteiger partial charge >= 0.3 is 0 Å². The van der Waals surface area contributed by atoms with E-state index in [4.69, 9.17) is 15.8 Å². The molecule has 3 heteroatoms. The van der Waals surface area contributed by atoms with Crippen LogP contribution in [0.5, 0.6) is 0 Å². The van der Waals surface area contributed by atoms with Crippen molar-refractivity contribution in [2.45, 2.75) is 0 Å². The maximum absolute atomic E-state index is 8.12. The second kappa shape index (κ2) is 4.37. The second-order valence-corrected chi connectivity index (χ2v) is 1.22. The molecule has 0 bridgehead atoms. The van der Waals surface area contributed by atoms with E-state index in [2.05, 4.69) is 0 Å². The zero-order valence-electron chi connectivity index (χ0n) is 4.57. The molecule has 0 aliphatic carbocycles. The molecule has 0 aromatic heterocycles. The minimum absolute atomic E-state index is 0.787. The lowest BCUT2D eigenvalue weighted by molar-refractivity contribution is 1.09. The Morgan fingerprint density at radius 2 is 1.67 bits per heavy atom. The van der Waals surface area contributed by atoms with Crippen molar-refractivity contribution in [1.29, 1.82) is 15.8 Å². The van der Waals surface area contributed by atoms with Crippen LogP contribution in [0.1, 0.15) is 0 Å². The molecule has 0 atom stereocenters. The molecule has 0 N–H and O–H groups in total. The van der Waals surface area contributed by atoms with Gasteiger partial charge in [-0.25, -0.2) is 0 Å². The van der Waals surface area contributed by atoms with Gasteiger partial charge in [0.15, 0.2) is 5.92 Å². The molecule has 3 nitrogen and oxygen atoms in total. The first-order valence-electron chi connectivity index (χ1n) is 2.20. The first-order valence-corrected chi connectivity index (χ1v) is 2.20. The van der Waals surface area contributed by atoms with E-state index in [1.807, 2.05) is 0 Å². The summed E-state index contributed by atoms with van der Waals surface area (Å²) in [6.45, 7) is 0. The van der Waals surface area contributed by atoms with E-state index in [9.17, 15) is 0 Å². The molecule has 9 heavy (non-hydrogen) atoms. The minimum atomic E-state index is -0.787. The van der Waals surface area contributed by atoms with Crippen LogP contribution in [-0.4, -0.2) is 0 Å². The highest BCUT2D eigenvalue weighted by molar-refractivity contribution is 5.16. The zero-order chi connectivity index (χ0) is 7.11. The molecule has 0 aromatic carbocycles. The van der Waals surface area contributed by atoms with Gasteiger partial charge in [0, 0.05) is 6.08 Å². The lowest BCUT2D eigenvalue weighted by Crippen LogP contribution is -1.83. The standard InChI is InChI=1S/C6H3N3/c7-3-1-2-6(4-8)5-9/h1-2,6H/b2-1+. The fraction of sp³-hybridized carbons (Fsp3) is 0.167. The van der Waals surface area contributed by atoms with Gasteiger partial charge in [0.05, 0.1) is 18.2 Å². The van der Waals surface area contributed by atoms with Gasteiger partial charge in [-0.3, -0.25) is 0 Å². The highest BCUT2D eigenvalue weighted by atomic mass is 14.3. The van der Waals surface area contributed by atoms with E-state index in [1.54, 1.807) is 18.2 Å². The summed E-state index contributed by atoms with van der Waals surface area (Å²) in [5.41, 5.74) is 0. The average molecular weight is 117 g/mol. The Morgan fingerprint density at radius 1 is 1.11 bits per heavy atom. The van der Waals surface area contributed by atoms with E-state index < -0.39 is 5.92 Å². The molecule has 0 saturated carbocycles. The number of hydrogen-bond acceptors (Lipinski definition) is 3. The number of nitriles is 3. The van der Waals surface area contributed by atoms with Crippen LogP contribution in [0.4, 0.5) is 0 Å². The van der Waals surface area contributed by atoms with Gasteiger partial charge < -0.3 is 0 Å². The monoisotopic (exact) mass is 117 g/mol.